The van der Waals surface area contributed by atoms with Crippen LogP contribution in [0.15, 0.2) is 30.3 Å². The molecule has 25 heavy (non-hydrogen) atoms. The van der Waals surface area contributed by atoms with Gasteiger partial charge in [0.25, 0.3) is 5.91 Å². The molecule has 0 bridgehead atoms. The second-order valence-electron chi connectivity index (χ2n) is 5.15. The van der Waals surface area contributed by atoms with Crippen molar-refractivity contribution in [1.29, 1.82) is 0 Å². The fourth-order valence-corrected chi connectivity index (χ4v) is 2.48. The predicted molar refractivity (Wildman–Crippen MR) is 95.0 cm³/mol. The largest absolute Gasteiger partial charge is 0.496 e. The standard InChI is InChI=1S/C18H18ClNO5/c1-10-15(23-2)7-11(8-16(10)24-3)17(21)20-12-5-6-14(19)13(9-12)18(22)25-4/h5-9H,1-4H3,(H,20,21). The van der Waals surface area contributed by atoms with Crippen molar-refractivity contribution in [3.63, 3.8) is 0 Å². The Kier molecular flexibility index (Phi) is 5.88. The molecule has 0 atom stereocenters. The first-order chi connectivity index (χ1) is 11.9. The highest BCUT2D eigenvalue weighted by atomic mass is 35.5. The van der Waals surface area contributed by atoms with Gasteiger partial charge in [-0.1, -0.05) is 11.6 Å². The molecule has 132 valence electrons. The molecule has 1 amide bonds. The Morgan fingerprint density at radius 3 is 2.12 bits per heavy atom. The second-order valence-corrected chi connectivity index (χ2v) is 5.55. The molecule has 2 rings (SSSR count). The lowest BCUT2D eigenvalue weighted by atomic mass is 10.1. The van der Waals surface area contributed by atoms with Gasteiger partial charge in [0.2, 0.25) is 0 Å². The average molecular weight is 364 g/mol. The molecule has 0 aromatic heterocycles. The van der Waals surface area contributed by atoms with Crippen molar-refractivity contribution >= 4 is 29.2 Å². The number of amides is 1. The molecule has 0 radical (unpaired) electrons. The van der Waals surface area contributed by atoms with Gasteiger partial charge in [-0.05, 0) is 37.3 Å². The fourth-order valence-electron chi connectivity index (χ4n) is 2.29. The highest BCUT2D eigenvalue weighted by Crippen LogP contribution is 2.30. The van der Waals surface area contributed by atoms with Crippen molar-refractivity contribution in [2.24, 2.45) is 0 Å². The number of nitrogens with one attached hydrogen (secondary N) is 1. The summed E-state index contributed by atoms with van der Waals surface area (Å²) >= 11 is 5.97. The summed E-state index contributed by atoms with van der Waals surface area (Å²) in [5.74, 6) is 0.112. The van der Waals surface area contributed by atoms with E-state index in [0.29, 0.717) is 22.7 Å². The van der Waals surface area contributed by atoms with Crippen LogP contribution in [-0.4, -0.2) is 33.2 Å². The van der Waals surface area contributed by atoms with E-state index in [1.54, 1.807) is 18.2 Å². The number of ether oxygens (including phenoxy) is 3. The summed E-state index contributed by atoms with van der Waals surface area (Å²) in [6, 6.07) is 7.79. The summed E-state index contributed by atoms with van der Waals surface area (Å²) in [4.78, 5) is 24.2. The van der Waals surface area contributed by atoms with Crippen molar-refractivity contribution in [3.05, 3.63) is 52.0 Å². The Labute approximate surface area is 150 Å². The summed E-state index contributed by atoms with van der Waals surface area (Å²) in [6.07, 6.45) is 0. The first-order valence-electron chi connectivity index (χ1n) is 7.33. The molecule has 0 fully saturated rings. The van der Waals surface area contributed by atoms with E-state index in [-0.39, 0.29) is 16.5 Å². The topological polar surface area (TPSA) is 73.9 Å². The van der Waals surface area contributed by atoms with Gasteiger partial charge in [0.15, 0.2) is 0 Å². The monoisotopic (exact) mass is 363 g/mol. The Morgan fingerprint density at radius 2 is 1.60 bits per heavy atom. The molecule has 0 heterocycles. The number of halogens is 1. The predicted octanol–water partition coefficient (Wildman–Crippen LogP) is 3.70. The van der Waals surface area contributed by atoms with Crippen LogP contribution in [0, 0.1) is 6.92 Å². The van der Waals surface area contributed by atoms with Crippen LogP contribution in [0.25, 0.3) is 0 Å². The number of rotatable bonds is 5. The van der Waals surface area contributed by atoms with Crippen LogP contribution in [0.3, 0.4) is 0 Å². The number of hydrogen-bond acceptors (Lipinski definition) is 5. The number of esters is 1. The first kappa shape index (κ1) is 18.6. The molecule has 2 aromatic carbocycles. The third kappa shape index (κ3) is 4.03. The van der Waals surface area contributed by atoms with Gasteiger partial charge >= 0.3 is 5.97 Å². The molecule has 0 aliphatic carbocycles. The molecule has 0 aliphatic heterocycles. The van der Waals surface area contributed by atoms with Gasteiger partial charge in [-0.25, -0.2) is 4.79 Å². The Morgan fingerprint density at radius 1 is 1.00 bits per heavy atom. The van der Waals surface area contributed by atoms with Gasteiger partial charge in [-0.3, -0.25) is 4.79 Å². The lowest BCUT2D eigenvalue weighted by Gasteiger charge is -2.13. The number of methoxy groups -OCH3 is 3. The number of anilines is 1. The SMILES string of the molecule is COC(=O)c1cc(NC(=O)c2cc(OC)c(C)c(OC)c2)ccc1Cl. The zero-order chi connectivity index (χ0) is 18.6. The number of benzene rings is 2. The molecule has 7 heteroatoms. The molecule has 0 spiro atoms. The Balaban J connectivity index is 2.33. The highest BCUT2D eigenvalue weighted by molar-refractivity contribution is 6.33. The number of carbonyl (C=O) groups is 2. The third-order valence-corrected chi connectivity index (χ3v) is 3.97. The maximum atomic E-state index is 12.5. The third-order valence-electron chi connectivity index (χ3n) is 3.64. The van der Waals surface area contributed by atoms with Crippen LogP contribution in [0.4, 0.5) is 5.69 Å². The van der Waals surface area contributed by atoms with Gasteiger partial charge in [-0.2, -0.15) is 0 Å². The van der Waals surface area contributed by atoms with E-state index in [0.717, 1.165) is 5.56 Å². The molecule has 0 saturated heterocycles. The number of hydrogen-bond donors (Lipinski definition) is 1. The van der Waals surface area contributed by atoms with Gasteiger partial charge < -0.3 is 19.5 Å². The lowest BCUT2D eigenvalue weighted by molar-refractivity contribution is 0.0600. The zero-order valence-corrected chi connectivity index (χ0v) is 15.1. The Hall–Kier alpha value is -2.73. The minimum absolute atomic E-state index is 0.168. The Bertz CT molecular complexity index is 794. The van der Waals surface area contributed by atoms with E-state index in [1.165, 1.54) is 33.5 Å². The minimum Gasteiger partial charge on any atom is -0.496 e. The molecule has 0 saturated carbocycles. The zero-order valence-electron chi connectivity index (χ0n) is 14.3. The normalized spacial score (nSPS) is 10.1. The van der Waals surface area contributed by atoms with Crippen LogP contribution < -0.4 is 14.8 Å². The first-order valence-corrected chi connectivity index (χ1v) is 7.71. The smallest absolute Gasteiger partial charge is 0.339 e. The van der Waals surface area contributed by atoms with Crippen LogP contribution in [0.5, 0.6) is 11.5 Å². The van der Waals surface area contributed by atoms with E-state index in [4.69, 9.17) is 21.1 Å². The molecule has 0 aliphatic rings. The lowest BCUT2D eigenvalue weighted by Crippen LogP contribution is -2.13. The van der Waals surface area contributed by atoms with E-state index >= 15 is 0 Å². The highest BCUT2D eigenvalue weighted by Gasteiger charge is 2.16. The van der Waals surface area contributed by atoms with Crippen molar-refractivity contribution < 1.29 is 23.8 Å². The molecule has 6 nitrogen and oxygen atoms in total. The van der Waals surface area contributed by atoms with Gasteiger partial charge in [-0.15, -0.1) is 0 Å². The summed E-state index contributed by atoms with van der Waals surface area (Å²) in [5, 5.41) is 2.95. The summed E-state index contributed by atoms with van der Waals surface area (Å²) < 4.78 is 15.2. The van der Waals surface area contributed by atoms with Crippen molar-refractivity contribution in [3.8, 4) is 11.5 Å². The molecular formula is C18H18ClNO5. The average Bonchev–Trinajstić information content (AvgIpc) is 2.62. The summed E-state index contributed by atoms with van der Waals surface area (Å²) in [5.41, 5.74) is 1.73. The maximum absolute atomic E-state index is 12.5. The van der Waals surface area contributed by atoms with Crippen LogP contribution in [-0.2, 0) is 4.74 Å². The van der Waals surface area contributed by atoms with E-state index < -0.39 is 5.97 Å². The maximum Gasteiger partial charge on any atom is 0.339 e. The van der Waals surface area contributed by atoms with Crippen LogP contribution >= 0.6 is 11.6 Å². The molecular weight excluding hydrogens is 346 g/mol. The molecule has 0 unspecified atom stereocenters. The minimum atomic E-state index is -0.584. The van der Waals surface area contributed by atoms with Crippen LogP contribution in [0.2, 0.25) is 5.02 Å². The van der Waals surface area contributed by atoms with Gasteiger partial charge in [0, 0.05) is 16.8 Å². The van der Waals surface area contributed by atoms with Crippen molar-refractivity contribution in [2.75, 3.05) is 26.6 Å². The summed E-state index contributed by atoms with van der Waals surface area (Å²) in [6.45, 7) is 1.83. The molecule has 2 aromatic rings. The quantitative estimate of drug-likeness (QED) is 0.820. The molecule has 1 N–H and O–H groups in total. The van der Waals surface area contributed by atoms with Crippen molar-refractivity contribution in [2.45, 2.75) is 6.92 Å². The second kappa shape index (κ2) is 7.90. The van der Waals surface area contributed by atoms with Gasteiger partial charge in [0.1, 0.15) is 11.5 Å². The van der Waals surface area contributed by atoms with Gasteiger partial charge in [0.05, 0.1) is 31.9 Å². The van der Waals surface area contributed by atoms with Crippen LogP contribution in [0.1, 0.15) is 26.3 Å². The summed E-state index contributed by atoms with van der Waals surface area (Å²) in [7, 11) is 4.30. The fraction of sp³-hybridized carbons (Fsp3) is 0.222. The van der Waals surface area contributed by atoms with E-state index in [9.17, 15) is 9.59 Å². The van der Waals surface area contributed by atoms with E-state index in [2.05, 4.69) is 10.1 Å². The number of carbonyl (C=O) groups excluding carboxylic acids is 2. The van der Waals surface area contributed by atoms with Crippen molar-refractivity contribution in [1.82, 2.24) is 0 Å². The van der Waals surface area contributed by atoms with E-state index in [1.807, 2.05) is 6.92 Å².